The SMILES string of the molecule is COCCN(C)c1nc(C(=O)NCc2nc(-c3cc4c(N[C@@H]5CCN(C)C[C@@H]5F)cccc4n3CC(F)(F)F)no2)cs1. The second-order valence-electron chi connectivity index (χ2n) is 10.4. The van der Waals surface area contributed by atoms with Crippen LogP contribution in [0.25, 0.3) is 22.4 Å². The highest BCUT2D eigenvalue weighted by Gasteiger charge is 2.32. The Morgan fingerprint density at radius 2 is 2.12 bits per heavy atom. The number of aromatic nitrogens is 4. The fraction of sp³-hybridized carbons (Fsp3) is 0.481. The van der Waals surface area contributed by atoms with E-state index in [-0.39, 0.29) is 41.7 Å². The van der Waals surface area contributed by atoms with Crippen molar-refractivity contribution >= 4 is 39.0 Å². The average molecular weight is 625 g/mol. The Labute approximate surface area is 248 Å². The van der Waals surface area contributed by atoms with Crippen molar-refractivity contribution in [1.82, 2.24) is 29.9 Å². The standard InChI is InChI=1S/C27H32F4N8O3S/c1-37-8-7-19(17(28)13-37)33-18-5-4-6-21-16(18)11-22(39(21)15-27(29,30)31)24-35-23(42-36-24)12-32-25(40)20-14-43-26(34-20)38(2)9-10-41-3/h4-6,11,14,17,19,33H,7-10,12-13,15H2,1-3H3,(H,32,40)/t17-,19+/m0/s1. The second kappa shape index (κ2) is 12.9. The third kappa shape index (κ3) is 7.25. The van der Waals surface area contributed by atoms with Gasteiger partial charge in [-0.3, -0.25) is 4.79 Å². The highest BCUT2D eigenvalue weighted by molar-refractivity contribution is 7.13. The molecule has 0 radical (unpaired) electrons. The molecule has 3 aromatic heterocycles. The van der Waals surface area contributed by atoms with Gasteiger partial charge in [0.15, 0.2) is 5.13 Å². The van der Waals surface area contributed by atoms with E-state index in [4.69, 9.17) is 9.26 Å². The van der Waals surface area contributed by atoms with Crippen molar-refractivity contribution in [3.05, 3.63) is 41.2 Å². The zero-order valence-electron chi connectivity index (χ0n) is 23.8. The molecule has 1 saturated heterocycles. The van der Waals surface area contributed by atoms with Crippen LogP contribution in [0.3, 0.4) is 0 Å². The molecule has 5 rings (SSSR count). The number of likely N-dealkylation sites (tertiary alicyclic amines) is 1. The van der Waals surface area contributed by atoms with Gasteiger partial charge in [0.2, 0.25) is 11.7 Å². The molecule has 11 nitrogen and oxygen atoms in total. The summed E-state index contributed by atoms with van der Waals surface area (Å²) < 4.78 is 67.2. The summed E-state index contributed by atoms with van der Waals surface area (Å²) in [6.07, 6.45) is -5.11. The van der Waals surface area contributed by atoms with E-state index in [9.17, 15) is 22.4 Å². The molecule has 16 heteroatoms. The molecule has 1 aliphatic heterocycles. The lowest BCUT2D eigenvalue weighted by atomic mass is 10.0. The smallest absolute Gasteiger partial charge is 0.383 e. The number of alkyl halides is 4. The van der Waals surface area contributed by atoms with Crippen LogP contribution in [0.15, 0.2) is 34.2 Å². The molecule has 1 amide bonds. The summed E-state index contributed by atoms with van der Waals surface area (Å²) in [7, 11) is 5.28. The van der Waals surface area contributed by atoms with Gasteiger partial charge in [-0.2, -0.15) is 18.2 Å². The first-order valence-electron chi connectivity index (χ1n) is 13.6. The van der Waals surface area contributed by atoms with E-state index < -0.39 is 30.8 Å². The zero-order valence-corrected chi connectivity index (χ0v) is 24.6. The number of piperidine rings is 1. The predicted octanol–water partition coefficient (Wildman–Crippen LogP) is 4.18. The molecule has 2 N–H and O–H groups in total. The van der Waals surface area contributed by atoms with Crippen LogP contribution in [-0.2, 0) is 17.8 Å². The molecular formula is C27H32F4N8O3S. The summed E-state index contributed by atoms with van der Waals surface area (Å²) in [5.74, 6) is -0.539. The van der Waals surface area contributed by atoms with Gasteiger partial charge in [-0.25, -0.2) is 9.37 Å². The van der Waals surface area contributed by atoms with Crippen molar-refractivity contribution in [2.45, 2.75) is 37.9 Å². The van der Waals surface area contributed by atoms with Gasteiger partial charge in [-0.1, -0.05) is 11.2 Å². The number of fused-ring (bicyclic) bond motifs is 1. The van der Waals surface area contributed by atoms with E-state index in [1.165, 1.54) is 17.4 Å². The number of hydrogen-bond acceptors (Lipinski definition) is 10. The van der Waals surface area contributed by atoms with Crippen LogP contribution < -0.4 is 15.5 Å². The van der Waals surface area contributed by atoms with Gasteiger partial charge in [-0.15, -0.1) is 11.3 Å². The number of nitrogens with one attached hydrogen (secondary N) is 2. The number of amides is 1. The van der Waals surface area contributed by atoms with Gasteiger partial charge >= 0.3 is 6.18 Å². The Morgan fingerprint density at radius 3 is 2.86 bits per heavy atom. The molecule has 1 aromatic carbocycles. The number of likely N-dealkylation sites (N-methyl/N-ethyl adjacent to an activating group) is 1. The molecule has 1 fully saturated rings. The third-order valence-corrected chi connectivity index (χ3v) is 8.10. The molecule has 0 spiro atoms. The number of thiazole rings is 1. The number of carbonyl (C=O) groups is 1. The molecule has 232 valence electrons. The maximum absolute atomic E-state index is 14.7. The van der Waals surface area contributed by atoms with Gasteiger partial charge in [-0.05, 0) is 31.7 Å². The van der Waals surface area contributed by atoms with Crippen LogP contribution in [0.4, 0.5) is 28.4 Å². The van der Waals surface area contributed by atoms with Crippen molar-refractivity contribution in [2.75, 3.05) is 57.7 Å². The van der Waals surface area contributed by atoms with Gasteiger partial charge in [0.05, 0.1) is 30.4 Å². The molecule has 0 aliphatic carbocycles. The summed E-state index contributed by atoms with van der Waals surface area (Å²) in [5.41, 5.74) is 1.08. The lowest BCUT2D eigenvalue weighted by Crippen LogP contribution is -2.46. The summed E-state index contributed by atoms with van der Waals surface area (Å²) in [5, 5.41) is 12.5. The lowest BCUT2D eigenvalue weighted by molar-refractivity contribution is -0.139. The first kappa shape index (κ1) is 30.7. The molecule has 2 atom stereocenters. The van der Waals surface area contributed by atoms with Crippen molar-refractivity contribution in [1.29, 1.82) is 0 Å². The summed E-state index contributed by atoms with van der Waals surface area (Å²) >= 11 is 1.30. The highest BCUT2D eigenvalue weighted by Crippen LogP contribution is 2.35. The maximum atomic E-state index is 14.7. The van der Waals surface area contributed by atoms with Gasteiger partial charge in [0, 0.05) is 50.2 Å². The number of halogens is 4. The van der Waals surface area contributed by atoms with Crippen molar-refractivity contribution in [2.24, 2.45) is 0 Å². The molecular weight excluding hydrogens is 592 g/mol. The molecule has 43 heavy (non-hydrogen) atoms. The van der Waals surface area contributed by atoms with Crippen LogP contribution in [0.1, 0.15) is 22.8 Å². The largest absolute Gasteiger partial charge is 0.406 e. The number of carbonyl (C=O) groups excluding carboxylic acids is 1. The fourth-order valence-corrected chi connectivity index (χ4v) is 5.71. The Balaban J connectivity index is 1.35. The van der Waals surface area contributed by atoms with E-state index in [0.29, 0.717) is 42.3 Å². The molecule has 4 aromatic rings. The highest BCUT2D eigenvalue weighted by atomic mass is 32.1. The quantitative estimate of drug-likeness (QED) is 0.237. The molecule has 0 saturated carbocycles. The van der Waals surface area contributed by atoms with Crippen LogP contribution in [0.2, 0.25) is 0 Å². The maximum Gasteiger partial charge on any atom is 0.406 e. The van der Waals surface area contributed by atoms with Gasteiger partial charge in [0.25, 0.3) is 5.91 Å². The Kier molecular flexibility index (Phi) is 9.17. The zero-order chi connectivity index (χ0) is 30.7. The molecule has 0 unspecified atom stereocenters. The first-order valence-corrected chi connectivity index (χ1v) is 14.4. The van der Waals surface area contributed by atoms with E-state index in [2.05, 4.69) is 25.8 Å². The van der Waals surface area contributed by atoms with E-state index in [0.717, 1.165) is 4.57 Å². The lowest BCUT2D eigenvalue weighted by Gasteiger charge is -2.33. The monoisotopic (exact) mass is 624 g/mol. The van der Waals surface area contributed by atoms with E-state index in [1.807, 2.05) is 23.9 Å². The number of anilines is 2. The number of methoxy groups -OCH3 is 1. The number of hydrogen-bond donors (Lipinski definition) is 2. The summed E-state index contributed by atoms with van der Waals surface area (Å²) in [6, 6.07) is 5.96. The summed E-state index contributed by atoms with van der Waals surface area (Å²) in [4.78, 5) is 25.0. The molecule has 4 heterocycles. The minimum Gasteiger partial charge on any atom is -0.383 e. The van der Waals surface area contributed by atoms with E-state index >= 15 is 0 Å². The van der Waals surface area contributed by atoms with Gasteiger partial charge in [0.1, 0.15) is 18.4 Å². The average Bonchev–Trinajstić information content (AvgIpc) is 3.71. The fourth-order valence-electron chi connectivity index (χ4n) is 4.91. The van der Waals surface area contributed by atoms with Crippen LogP contribution in [0, 0.1) is 0 Å². The van der Waals surface area contributed by atoms with Crippen LogP contribution in [-0.4, -0.2) is 96.3 Å². The first-order chi connectivity index (χ1) is 20.5. The Hall–Kier alpha value is -3.76. The van der Waals surface area contributed by atoms with Crippen LogP contribution in [0.5, 0.6) is 0 Å². The normalized spacial score (nSPS) is 17.8. The number of benzene rings is 1. The number of nitrogens with zero attached hydrogens (tertiary/aromatic N) is 6. The minimum absolute atomic E-state index is 0.00442. The second-order valence-corrected chi connectivity index (χ2v) is 11.2. The third-order valence-electron chi connectivity index (χ3n) is 7.15. The predicted molar refractivity (Wildman–Crippen MR) is 154 cm³/mol. The van der Waals surface area contributed by atoms with Crippen molar-refractivity contribution in [3.8, 4) is 11.5 Å². The summed E-state index contributed by atoms with van der Waals surface area (Å²) in [6.45, 7) is 0.635. The van der Waals surface area contributed by atoms with E-state index in [1.54, 1.807) is 30.7 Å². The van der Waals surface area contributed by atoms with Gasteiger partial charge < -0.3 is 34.3 Å². The van der Waals surface area contributed by atoms with Crippen molar-refractivity contribution < 1.29 is 31.6 Å². The Morgan fingerprint density at radius 1 is 1.30 bits per heavy atom. The van der Waals surface area contributed by atoms with Crippen LogP contribution >= 0.6 is 11.3 Å². The number of ether oxygens (including phenoxy) is 1. The van der Waals surface area contributed by atoms with Crippen molar-refractivity contribution in [3.63, 3.8) is 0 Å². The minimum atomic E-state index is -4.54. The molecule has 1 aliphatic rings. The number of rotatable bonds is 11. The Bertz CT molecular complexity index is 1550. The topological polar surface area (TPSA) is 114 Å². The molecule has 0 bridgehead atoms.